The SMILES string of the molecule is CC(C)CC(COC(=O)N1CCCC1)(COC(=O)N1CCCC1)CC(C)C. The molecule has 0 aliphatic carbocycles. The molecule has 2 aliphatic heterocycles. The van der Waals surface area contributed by atoms with Gasteiger partial charge in [0.25, 0.3) is 0 Å². The van der Waals surface area contributed by atoms with Crippen molar-refractivity contribution < 1.29 is 19.1 Å². The fourth-order valence-electron chi connectivity index (χ4n) is 4.50. The van der Waals surface area contributed by atoms with Crippen LogP contribution in [0.4, 0.5) is 9.59 Å². The first kappa shape index (κ1) is 21.8. The first-order chi connectivity index (χ1) is 12.8. The van der Waals surface area contributed by atoms with E-state index in [0.29, 0.717) is 25.0 Å². The lowest BCUT2D eigenvalue weighted by atomic mass is 9.75. The molecule has 6 nitrogen and oxygen atoms in total. The predicted molar refractivity (Wildman–Crippen MR) is 106 cm³/mol. The third-order valence-corrected chi connectivity index (χ3v) is 5.41. The lowest BCUT2D eigenvalue weighted by Crippen LogP contribution is -2.41. The van der Waals surface area contributed by atoms with Crippen molar-refractivity contribution in [3.8, 4) is 0 Å². The van der Waals surface area contributed by atoms with E-state index < -0.39 is 0 Å². The Hall–Kier alpha value is -1.46. The van der Waals surface area contributed by atoms with Crippen LogP contribution in [0.15, 0.2) is 0 Å². The molecule has 0 aromatic rings. The van der Waals surface area contributed by atoms with Gasteiger partial charge in [0.2, 0.25) is 0 Å². The second-order valence-electron chi connectivity index (χ2n) is 9.19. The Kier molecular flexibility index (Phi) is 8.24. The molecule has 0 spiro atoms. The molecular weight excluding hydrogens is 344 g/mol. The zero-order valence-corrected chi connectivity index (χ0v) is 17.7. The van der Waals surface area contributed by atoms with Crippen molar-refractivity contribution in [2.45, 2.75) is 66.2 Å². The summed E-state index contributed by atoms with van der Waals surface area (Å²) in [5.74, 6) is 0.861. The van der Waals surface area contributed by atoms with Gasteiger partial charge in [0, 0.05) is 31.6 Å². The van der Waals surface area contributed by atoms with E-state index >= 15 is 0 Å². The molecule has 0 aromatic heterocycles. The third-order valence-electron chi connectivity index (χ3n) is 5.41. The highest BCUT2D eigenvalue weighted by Gasteiger charge is 2.37. The smallest absolute Gasteiger partial charge is 0.409 e. The molecule has 27 heavy (non-hydrogen) atoms. The number of ether oxygens (including phenoxy) is 2. The average Bonchev–Trinajstić information content (AvgIpc) is 3.29. The van der Waals surface area contributed by atoms with Gasteiger partial charge >= 0.3 is 12.2 Å². The molecule has 0 aromatic carbocycles. The second kappa shape index (κ2) is 10.2. The van der Waals surface area contributed by atoms with E-state index in [1.807, 2.05) is 0 Å². The molecule has 2 heterocycles. The van der Waals surface area contributed by atoms with E-state index in [4.69, 9.17) is 9.47 Å². The van der Waals surface area contributed by atoms with Gasteiger partial charge < -0.3 is 19.3 Å². The van der Waals surface area contributed by atoms with Crippen LogP contribution in [-0.4, -0.2) is 61.4 Å². The minimum absolute atomic E-state index is 0.227. The summed E-state index contributed by atoms with van der Waals surface area (Å²) >= 11 is 0. The monoisotopic (exact) mass is 382 g/mol. The summed E-state index contributed by atoms with van der Waals surface area (Å²) in [4.78, 5) is 28.4. The van der Waals surface area contributed by atoms with Crippen molar-refractivity contribution in [1.29, 1.82) is 0 Å². The number of nitrogens with zero attached hydrogens (tertiary/aromatic N) is 2. The summed E-state index contributed by atoms with van der Waals surface area (Å²) in [6, 6.07) is 0. The number of carbonyl (C=O) groups is 2. The first-order valence-corrected chi connectivity index (χ1v) is 10.6. The molecule has 156 valence electrons. The zero-order valence-electron chi connectivity index (χ0n) is 17.7. The Bertz CT molecular complexity index is 437. The largest absolute Gasteiger partial charge is 0.449 e. The Balaban J connectivity index is 2.01. The quantitative estimate of drug-likeness (QED) is 0.619. The Morgan fingerprint density at radius 2 is 1.07 bits per heavy atom. The van der Waals surface area contributed by atoms with Crippen LogP contribution >= 0.6 is 0 Å². The van der Waals surface area contributed by atoms with E-state index in [-0.39, 0.29) is 17.6 Å². The van der Waals surface area contributed by atoms with Crippen molar-refractivity contribution in [2.75, 3.05) is 39.4 Å². The maximum atomic E-state index is 12.4. The van der Waals surface area contributed by atoms with Crippen LogP contribution in [0, 0.1) is 17.3 Å². The molecule has 6 heteroatoms. The molecule has 2 aliphatic rings. The van der Waals surface area contributed by atoms with Gasteiger partial charge in [-0.15, -0.1) is 0 Å². The third kappa shape index (κ3) is 6.89. The van der Waals surface area contributed by atoms with Crippen LogP contribution in [0.25, 0.3) is 0 Å². The van der Waals surface area contributed by atoms with E-state index in [0.717, 1.165) is 64.7 Å². The highest BCUT2D eigenvalue weighted by Crippen LogP contribution is 2.35. The standard InChI is InChI=1S/C21H38N2O4/c1-17(2)13-21(14-18(3)4,15-26-19(24)22-9-5-6-10-22)16-27-20(25)23-11-7-8-12-23/h17-18H,5-16H2,1-4H3. The molecule has 0 saturated carbocycles. The number of rotatable bonds is 8. The molecule has 2 amide bonds. The van der Waals surface area contributed by atoms with E-state index in [9.17, 15) is 9.59 Å². The second-order valence-corrected chi connectivity index (χ2v) is 9.19. The van der Waals surface area contributed by atoms with Gasteiger partial charge in [-0.1, -0.05) is 27.7 Å². The van der Waals surface area contributed by atoms with Crippen molar-refractivity contribution in [2.24, 2.45) is 17.3 Å². The minimum Gasteiger partial charge on any atom is -0.449 e. The molecule has 0 bridgehead atoms. The molecule has 2 saturated heterocycles. The van der Waals surface area contributed by atoms with Crippen LogP contribution in [0.3, 0.4) is 0 Å². The topological polar surface area (TPSA) is 59.1 Å². The molecule has 2 fully saturated rings. The van der Waals surface area contributed by atoms with Gasteiger partial charge in [-0.05, 0) is 50.4 Å². The average molecular weight is 383 g/mol. The summed E-state index contributed by atoms with van der Waals surface area (Å²) in [6.07, 6.45) is 5.47. The van der Waals surface area contributed by atoms with Crippen LogP contribution in [0.1, 0.15) is 66.2 Å². The summed E-state index contributed by atoms with van der Waals surface area (Å²) in [7, 11) is 0. The Morgan fingerprint density at radius 3 is 1.37 bits per heavy atom. The number of hydrogen-bond donors (Lipinski definition) is 0. The summed E-state index contributed by atoms with van der Waals surface area (Å²) in [5, 5.41) is 0. The molecule has 0 atom stereocenters. The van der Waals surface area contributed by atoms with Gasteiger partial charge in [-0.25, -0.2) is 9.59 Å². The van der Waals surface area contributed by atoms with Gasteiger partial charge in [-0.2, -0.15) is 0 Å². The predicted octanol–water partition coefficient (Wildman–Crippen LogP) is 4.53. The molecular formula is C21H38N2O4. The maximum Gasteiger partial charge on any atom is 0.409 e. The number of carbonyl (C=O) groups excluding carboxylic acids is 2. The summed E-state index contributed by atoms with van der Waals surface area (Å²) < 4.78 is 11.5. The fraction of sp³-hybridized carbons (Fsp3) is 0.905. The highest BCUT2D eigenvalue weighted by molar-refractivity contribution is 5.68. The molecule has 0 N–H and O–H groups in total. The first-order valence-electron chi connectivity index (χ1n) is 10.6. The van der Waals surface area contributed by atoms with E-state index in [1.54, 1.807) is 9.80 Å². The zero-order chi connectivity index (χ0) is 19.9. The lowest BCUT2D eigenvalue weighted by Gasteiger charge is -2.36. The van der Waals surface area contributed by atoms with Gasteiger partial charge in [0.1, 0.15) is 13.2 Å². The maximum absolute atomic E-state index is 12.4. The fourth-order valence-corrected chi connectivity index (χ4v) is 4.50. The van der Waals surface area contributed by atoms with Crippen molar-refractivity contribution in [3.63, 3.8) is 0 Å². The number of likely N-dealkylation sites (tertiary alicyclic amines) is 2. The van der Waals surface area contributed by atoms with Gasteiger partial charge in [0.15, 0.2) is 0 Å². The minimum atomic E-state index is -0.326. The number of amides is 2. The van der Waals surface area contributed by atoms with Crippen molar-refractivity contribution in [1.82, 2.24) is 9.80 Å². The van der Waals surface area contributed by atoms with Crippen molar-refractivity contribution in [3.05, 3.63) is 0 Å². The van der Waals surface area contributed by atoms with Gasteiger partial charge in [0.05, 0.1) is 0 Å². The van der Waals surface area contributed by atoms with Crippen LogP contribution in [0.2, 0.25) is 0 Å². The van der Waals surface area contributed by atoms with Crippen LogP contribution in [-0.2, 0) is 9.47 Å². The van der Waals surface area contributed by atoms with Crippen molar-refractivity contribution >= 4 is 12.2 Å². The van der Waals surface area contributed by atoms with Crippen LogP contribution < -0.4 is 0 Å². The van der Waals surface area contributed by atoms with Crippen LogP contribution in [0.5, 0.6) is 0 Å². The molecule has 0 radical (unpaired) electrons. The lowest BCUT2D eigenvalue weighted by molar-refractivity contribution is -0.0132. The number of hydrogen-bond acceptors (Lipinski definition) is 4. The highest BCUT2D eigenvalue weighted by atomic mass is 16.6. The van der Waals surface area contributed by atoms with Gasteiger partial charge in [-0.3, -0.25) is 0 Å². The molecule has 0 unspecified atom stereocenters. The summed E-state index contributed by atoms with van der Waals surface area (Å²) in [6.45, 7) is 12.4. The Labute approximate surface area is 164 Å². The summed E-state index contributed by atoms with van der Waals surface area (Å²) in [5.41, 5.74) is -0.326. The van der Waals surface area contributed by atoms with E-state index in [1.165, 1.54) is 0 Å². The Morgan fingerprint density at radius 1 is 0.741 bits per heavy atom. The van der Waals surface area contributed by atoms with E-state index in [2.05, 4.69) is 27.7 Å². The normalized spacial score (nSPS) is 17.9. The molecule has 2 rings (SSSR count).